The number of carbonyl (C=O) groups is 1. The Bertz CT molecular complexity index is 1210. The van der Waals surface area contributed by atoms with E-state index >= 15 is 0 Å². The van der Waals surface area contributed by atoms with Gasteiger partial charge in [0.15, 0.2) is 11.5 Å². The molecule has 1 N–H and O–H groups in total. The lowest BCUT2D eigenvalue weighted by Gasteiger charge is -2.16. The first-order chi connectivity index (χ1) is 15.8. The predicted octanol–water partition coefficient (Wildman–Crippen LogP) is 4.31. The van der Waals surface area contributed by atoms with Crippen LogP contribution in [0.5, 0.6) is 17.2 Å². The van der Waals surface area contributed by atoms with Gasteiger partial charge in [0.25, 0.3) is 11.5 Å². The molecule has 0 saturated carbocycles. The molecule has 1 amide bonds. The predicted molar refractivity (Wildman–Crippen MR) is 130 cm³/mol. The van der Waals surface area contributed by atoms with Gasteiger partial charge in [-0.05, 0) is 43.5 Å². The minimum atomic E-state index is -0.287. The number of nitrogens with zero attached hydrogens (tertiary/aromatic N) is 1. The molecule has 0 spiro atoms. The number of fused-ring (bicyclic) bond motifs is 1. The smallest absolute Gasteiger partial charge is 0.258 e. The first kappa shape index (κ1) is 24.2. The Morgan fingerprint density at radius 1 is 1.03 bits per heavy atom. The van der Waals surface area contributed by atoms with Gasteiger partial charge in [0, 0.05) is 30.2 Å². The van der Waals surface area contributed by atoms with E-state index in [9.17, 15) is 9.59 Å². The summed E-state index contributed by atoms with van der Waals surface area (Å²) in [6.45, 7) is 9.38. The van der Waals surface area contributed by atoms with Crippen LogP contribution in [0.2, 0.25) is 0 Å². The molecule has 0 aliphatic rings. The maximum atomic E-state index is 13.3. The Morgan fingerprint density at radius 3 is 2.30 bits per heavy atom. The van der Waals surface area contributed by atoms with Crippen LogP contribution in [-0.2, 0) is 13.1 Å². The Labute approximate surface area is 194 Å². The SMILES string of the molecule is CCn1cc(C(=O)NCc2ccc(C)cc2OCC(C)C)c2cc(OC)c(OC)cc2c1=O. The molecule has 3 aromatic rings. The molecule has 1 heterocycles. The fourth-order valence-electron chi connectivity index (χ4n) is 3.60. The van der Waals surface area contributed by atoms with E-state index in [0.29, 0.717) is 53.4 Å². The first-order valence-electron chi connectivity index (χ1n) is 11.1. The van der Waals surface area contributed by atoms with Crippen molar-refractivity contribution in [1.29, 1.82) is 0 Å². The van der Waals surface area contributed by atoms with Crippen LogP contribution in [0.25, 0.3) is 10.8 Å². The van der Waals surface area contributed by atoms with Crippen LogP contribution in [0.1, 0.15) is 42.3 Å². The van der Waals surface area contributed by atoms with Crippen molar-refractivity contribution in [3.8, 4) is 17.2 Å². The molecule has 7 heteroatoms. The second-order valence-corrected chi connectivity index (χ2v) is 8.39. The van der Waals surface area contributed by atoms with Gasteiger partial charge in [-0.25, -0.2) is 0 Å². The Hall–Kier alpha value is -3.48. The lowest BCUT2D eigenvalue weighted by atomic mass is 10.0. The zero-order valence-corrected chi connectivity index (χ0v) is 20.2. The summed E-state index contributed by atoms with van der Waals surface area (Å²) in [5.74, 6) is 1.76. The molecule has 0 unspecified atom stereocenters. The molecule has 0 saturated heterocycles. The summed E-state index contributed by atoms with van der Waals surface area (Å²) in [7, 11) is 3.03. The van der Waals surface area contributed by atoms with Crippen molar-refractivity contribution >= 4 is 16.7 Å². The molecule has 0 atom stereocenters. The normalized spacial score (nSPS) is 11.0. The van der Waals surface area contributed by atoms with Crippen LogP contribution in [-0.4, -0.2) is 31.3 Å². The van der Waals surface area contributed by atoms with E-state index < -0.39 is 0 Å². The summed E-state index contributed by atoms with van der Waals surface area (Å²) in [6, 6.07) is 9.23. The van der Waals surface area contributed by atoms with Gasteiger partial charge in [-0.3, -0.25) is 9.59 Å². The molecular weight excluding hydrogens is 420 g/mol. The fraction of sp³-hybridized carbons (Fsp3) is 0.385. The largest absolute Gasteiger partial charge is 0.493 e. The zero-order valence-electron chi connectivity index (χ0n) is 20.2. The van der Waals surface area contributed by atoms with Gasteiger partial charge in [0.1, 0.15) is 5.75 Å². The number of amides is 1. The van der Waals surface area contributed by atoms with E-state index in [1.807, 2.05) is 32.0 Å². The molecular formula is C26H32N2O5. The molecule has 0 aliphatic heterocycles. The lowest BCUT2D eigenvalue weighted by molar-refractivity contribution is 0.0951. The van der Waals surface area contributed by atoms with E-state index in [1.165, 1.54) is 18.8 Å². The summed E-state index contributed by atoms with van der Waals surface area (Å²) in [5, 5.41) is 3.90. The van der Waals surface area contributed by atoms with Gasteiger partial charge >= 0.3 is 0 Å². The number of hydrogen-bond acceptors (Lipinski definition) is 5. The highest BCUT2D eigenvalue weighted by molar-refractivity contribution is 6.07. The van der Waals surface area contributed by atoms with Gasteiger partial charge < -0.3 is 24.1 Å². The zero-order chi connectivity index (χ0) is 24.1. The van der Waals surface area contributed by atoms with E-state index in [2.05, 4.69) is 19.2 Å². The molecule has 0 fully saturated rings. The number of nitrogens with one attached hydrogen (secondary N) is 1. The average Bonchev–Trinajstić information content (AvgIpc) is 2.81. The second-order valence-electron chi connectivity index (χ2n) is 8.39. The van der Waals surface area contributed by atoms with Crippen molar-refractivity contribution in [1.82, 2.24) is 9.88 Å². The number of rotatable bonds is 9. The highest BCUT2D eigenvalue weighted by atomic mass is 16.5. The first-order valence-corrected chi connectivity index (χ1v) is 11.1. The van der Waals surface area contributed by atoms with Crippen molar-refractivity contribution in [3.05, 3.63) is 63.6 Å². The van der Waals surface area contributed by atoms with Crippen LogP contribution in [0.3, 0.4) is 0 Å². The summed E-state index contributed by atoms with van der Waals surface area (Å²) in [4.78, 5) is 26.2. The van der Waals surface area contributed by atoms with Crippen molar-refractivity contribution in [2.45, 2.75) is 40.8 Å². The number of carbonyl (C=O) groups excluding carboxylic acids is 1. The standard InChI is InChI=1S/C26H32N2O5/c1-7-28-14-21(19-11-23(31-5)24(32-6)12-20(19)26(28)30)25(29)27-13-18-9-8-17(4)10-22(18)33-15-16(2)3/h8-12,14,16H,7,13,15H2,1-6H3,(H,27,29). The maximum absolute atomic E-state index is 13.3. The molecule has 0 aliphatic carbocycles. The maximum Gasteiger partial charge on any atom is 0.258 e. The van der Waals surface area contributed by atoms with Crippen LogP contribution < -0.4 is 25.1 Å². The number of hydrogen-bond donors (Lipinski definition) is 1. The molecule has 1 aromatic heterocycles. The Kier molecular flexibility index (Phi) is 7.63. The quantitative estimate of drug-likeness (QED) is 0.523. The monoisotopic (exact) mass is 452 g/mol. The minimum Gasteiger partial charge on any atom is -0.493 e. The van der Waals surface area contributed by atoms with Gasteiger partial charge in [0.05, 0.1) is 31.8 Å². The number of ether oxygens (including phenoxy) is 3. The van der Waals surface area contributed by atoms with Crippen molar-refractivity contribution in [2.24, 2.45) is 5.92 Å². The van der Waals surface area contributed by atoms with Gasteiger partial charge in [-0.15, -0.1) is 0 Å². The third-order valence-electron chi connectivity index (χ3n) is 5.41. The molecule has 7 nitrogen and oxygen atoms in total. The van der Waals surface area contributed by atoms with Gasteiger partial charge in [0.2, 0.25) is 0 Å². The number of aryl methyl sites for hydroxylation is 2. The van der Waals surface area contributed by atoms with E-state index in [1.54, 1.807) is 18.3 Å². The second kappa shape index (κ2) is 10.4. The number of pyridine rings is 1. The van der Waals surface area contributed by atoms with E-state index in [0.717, 1.165) is 16.9 Å². The summed E-state index contributed by atoms with van der Waals surface area (Å²) in [5.41, 5.74) is 2.19. The summed E-state index contributed by atoms with van der Waals surface area (Å²) >= 11 is 0. The molecule has 33 heavy (non-hydrogen) atoms. The number of methoxy groups -OCH3 is 2. The third-order valence-corrected chi connectivity index (χ3v) is 5.41. The highest BCUT2D eigenvalue weighted by Crippen LogP contribution is 2.32. The lowest BCUT2D eigenvalue weighted by Crippen LogP contribution is -2.27. The highest BCUT2D eigenvalue weighted by Gasteiger charge is 2.18. The summed E-state index contributed by atoms with van der Waals surface area (Å²) < 4.78 is 18.2. The Balaban J connectivity index is 1.98. The van der Waals surface area contributed by atoms with Crippen LogP contribution in [0.4, 0.5) is 0 Å². The van der Waals surface area contributed by atoms with Crippen LogP contribution in [0.15, 0.2) is 41.3 Å². The van der Waals surface area contributed by atoms with Gasteiger partial charge in [-0.1, -0.05) is 26.0 Å². The molecule has 2 aromatic carbocycles. The topological polar surface area (TPSA) is 78.8 Å². The van der Waals surface area contributed by atoms with Crippen LogP contribution in [0, 0.1) is 12.8 Å². The Morgan fingerprint density at radius 2 is 1.70 bits per heavy atom. The van der Waals surface area contributed by atoms with Crippen molar-refractivity contribution < 1.29 is 19.0 Å². The minimum absolute atomic E-state index is 0.187. The van der Waals surface area contributed by atoms with Crippen LogP contribution >= 0.6 is 0 Å². The summed E-state index contributed by atoms with van der Waals surface area (Å²) in [6.07, 6.45) is 1.59. The van der Waals surface area contributed by atoms with E-state index in [4.69, 9.17) is 14.2 Å². The van der Waals surface area contributed by atoms with Gasteiger partial charge in [-0.2, -0.15) is 0 Å². The fourth-order valence-corrected chi connectivity index (χ4v) is 3.60. The number of aromatic nitrogens is 1. The van der Waals surface area contributed by atoms with Crippen molar-refractivity contribution in [3.63, 3.8) is 0 Å². The molecule has 3 rings (SSSR count). The van der Waals surface area contributed by atoms with E-state index in [-0.39, 0.29) is 11.5 Å². The third kappa shape index (κ3) is 5.30. The number of benzene rings is 2. The average molecular weight is 453 g/mol. The molecule has 0 radical (unpaired) electrons. The van der Waals surface area contributed by atoms with Crippen molar-refractivity contribution in [2.75, 3.05) is 20.8 Å². The molecule has 0 bridgehead atoms. The molecule has 176 valence electrons.